The Hall–Kier alpha value is -1.88. The van der Waals surface area contributed by atoms with E-state index >= 15 is 0 Å². The molecule has 5 heteroatoms. The first kappa shape index (κ1) is 17.0. The fourth-order valence-corrected chi connectivity index (χ4v) is 3.92. The third-order valence-corrected chi connectivity index (χ3v) is 5.19. The molecule has 2 amide bonds. The minimum atomic E-state index is -0.156. The van der Waals surface area contributed by atoms with Crippen molar-refractivity contribution in [3.05, 3.63) is 35.9 Å². The van der Waals surface area contributed by atoms with Crippen molar-refractivity contribution >= 4 is 11.8 Å². The second-order valence-electron chi connectivity index (χ2n) is 7.24. The van der Waals surface area contributed by atoms with Gasteiger partial charge in [-0.05, 0) is 38.8 Å². The van der Waals surface area contributed by atoms with Gasteiger partial charge in [0.25, 0.3) is 5.91 Å². The van der Waals surface area contributed by atoms with Gasteiger partial charge < -0.3 is 15.0 Å². The van der Waals surface area contributed by atoms with Gasteiger partial charge in [0.2, 0.25) is 5.91 Å². The number of rotatable bonds is 3. The van der Waals surface area contributed by atoms with Crippen LogP contribution in [0.4, 0.5) is 0 Å². The van der Waals surface area contributed by atoms with E-state index in [9.17, 15) is 9.59 Å². The smallest absolute Gasteiger partial charge is 0.253 e. The van der Waals surface area contributed by atoms with E-state index in [1.807, 2.05) is 49.1 Å². The lowest BCUT2D eigenvalue weighted by Gasteiger charge is -2.37. The molecule has 1 aromatic rings. The van der Waals surface area contributed by atoms with E-state index in [1.54, 1.807) is 0 Å². The Morgan fingerprint density at radius 3 is 2.50 bits per heavy atom. The standard InChI is InChI=1S/C19H26N2O3/c1-14(2)20-17(22)16-12-21(13-19(16)8-10-24-11-9-19)18(23)15-6-4-3-5-7-15/h3-7,14,16H,8-13H2,1-2H3,(H,20,22)/t16-/m0/s1. The van der Waals surface area contributed by atoms with Crippen molar-refractivity contribution in [1.82, 2.24) is 10.2 Å². The largest absolute Gasteiger partial charge is 0.381 e. The van der Waals surface area contributed by atoms with Gasteiger partial charge in [0.15, 0.2) is 0 Å². The number of nitrogens with one attached hydrogen (secondary N) is 1. The number of carbonyl (C=O) groups excluding carboxylic acids is 2. The molecule has 2 fully saturated rings. The van der Waals surface area contributed by atoms with Gasteiger partial charge in [0, 0.05) is 43.3 Å². The predicted molar refractivity (Wildman–Crippen MR) is 91.6 cm³/mol. The molecule has 1 atom stereocenters. The first-order valence-electron chi connectivity index (χ1n) is 8.74. The molecule has 1 aromatic carbocycles. The normalized spacial score (nSPS) is 22.8. The van der Waals surface area contributed by atoms with Crippen LogP contribution in [0.5, 0.6) is 0 Å². The predicted octanol–water partition coefficient (Wildman–Crippen LogP) is 2.08. The number of hydrogen-bond donors (Lipinski definition) is 1. The zero-order valence-corrected chi connectivity index (χ0v) is 14.5. The summed E-state index contributed by atoms with van der Waals surface area (Å²) in [7, 11) is 0. The molecule has 1 spiro atoms. The topological polar surface area (TPSA) is 58.6 Å². The Kier molecular flexibility index (Phi) is 4.90. The minimum absolute atomic E-state index is 0.0151. The molecule has 130 valence electrons. The SMILES string of the molecule is CC(C)NC(=O)[C@@H]1CN(C(=O)c2ccccc2)CC12CCOCC2. The zero-order chi connectivity index (χ0) is 17.2. The number of hydrogen-bond acceptors (Lipinski definition) is 3. The van der Waals surface area contributed by atoms with Gasteiger partial charge in [-0.3, -0.25) is 9.59 Å². The van der Waals surface area contributed by atoms with Crippen LogP contribution in [0, 0.1) is 11.3 Å². The van der Waals surface area contributed by atoms with Crippen LogP contribution >= 0.6 is 0 Å². The minimum Gasteiger partial charge on any atom is -0.381 e. The summed E-state index contributed by atoms with van der Waals surface area (Å²) in [6, 6.07) is 9.42. The third kappa shape index (κ3) is 3.31. The maximum atomic E-state index is 12.8. The summed E-state index contributed by atoms with van der Waals surface area (Å²) >= 11 is 0. The highest BCUT2D eigenvalue weighted by Crippen LogP contribution is 2.44. The molecule has 0 bridgehead atoms. The lowest BCUT2D eigenvalue weighted by Crippen LogP contribution is -2.46. The number of nitrogens with zero attached hydrogens (tertiary/aromatic N) is 1. The monoisotopic (exact) mass is 330 g/mol. The van der Waals surface area contributed by atoms with Crippen molar-refractivity contribution in [2.24, 2.45) is 11.3 Å². The lowest BCUT2D eigenvalue weighted by molar-refractivity contribution is -0.130. The van der Waals surface area contributed by atoms with E-state index in [0.29, 0.717) is 31.9 Å². The van der Waals surface area contributed by atoms with Crippen molar-refractivity contribution < 1.29 is 14.3 Å². The Morgan fingerprint density at radius 1 is 1.21 bits per heavy atom. The van der Waals surface area contributed by atoms with E-state index in [0.717, 1.165) is 12.8 Å². The summed E-state index contributed by atoms with van der Waals surface area (Å²) in [5.74, 6) is -0.0759. The van der Waals surface area contributed by atoms with Crippen molar-refractivity contribution in [3.8, 4) is 0 Å². The number of likely N-dealkylation sites (tertiary alicyclic amines) is 1. The highest BCUT2D eigenvalue weighted by Gasteiger charge is 2.51. The molecule has 0 aromatic heterocycles. The van der Waals surface area contributed by atoms with Gasteiger partial charge in [0.05, 0.1) is 5.92 Å². The molecular weight excluding hydrogens is 304 g/mol. The molecule has 0 unspecified atom stereocenters. The molecule has 2 aliphatic rings. The molecule has 0 saturated carbocycles. The van der Waals surface area contributed by atoms with E-state index in [1.165, 1.54) is 0 Å². The van der Waals surface area contributed by atoms with Crippen LogP contribution in [0.1, 0.15) is 37.0 Å². The van der Waals surface area contributed by atoms with Gasteiger partial charge in [-0.1, -0.05) is 18.2 Å². The molecule has 5 nitrogen and oxygen atoms in total. The van der Waals surface area contributed by atoms with Crippen LogP contribution in [0.25, 0.3) is 0 Å². The van der Waals surface area contributed by atoms with Crippen molar-refractivity contribution in [2.45, 2.75) is 32.7 Å². The number of benzene rings is 1. The van der Waals surface area contributed by atoms with Crippen LogP contribution in [0.3, 0.4) is 0 Å². The Morgan fingerprint density at radius 2 is 1.88 bits per heavy atom. The zero-order valence-electron chi connectivity index (χ0n) is 14.5. The Bertz CT molecular complexity index is 594. The van der Waals surface area contributed by atoms with Gasteiger partial charge >= 0.3 is 0 Å². The number of amides is 2. The first-order valence-corrected chi connectivity index (χ1v) is 8.74. The number of carbonyl (C=O) groups is 2. The summed E-state index contributed by atoms with van der Waals surface area (Å²) in [6.45, 7) is 6.40. The van der Waals surface area contributed by atoms with E-state index in [-0.39, 0.29) is 29.2 Å². The van der Waals surface area contributed by atoms with E-state index in [2.05, 4.69) is 5.32 Å². The summed E-state index contributed by atoms with van der Waals surface area (Å²) in [5, 5.41) is 3.04. The quantitative estimate of drug-likeness (QED) is 0.923. The molecule has 0 radical (unpaired) electrons. The van der Waals surface area contributed by atoms with Crippen molar-refractivity contribution in [2.75, 3.05) is 26.3 Å². The van der Waals surface area contributed by atoms with Gasteiger partial charge in [-0.2, -0.15) is 0 Å². The first-order chi connectivity index (χ1) is 11.5. The van der Waals surface area contributed by atoms with E-state index < -0.39 is 0 Å². The summed E-state index contributed by atoms with van der Waals surface area (Å²) in [4.78, 5) is 27.4. The molecule has 24 heavy (non-hydrogen) atoms. The Balaban J connectivity index is 1.82. The summed E-state index contributed by atoms with van der Waals surface area (Å²) in [6.07, 6.45) is 1.67. The highest BCUT2D eigenvalue weighted by molar-refractivity contribution is 5.95. The average molecular weight is 330 g/mol. The molecule has 2 aliphatic heterocycles. The second-order valence-corrected chi connectivity index (χ2v) is 7.24. The van der Waals surface area contributed by atoms with Gasteiger partial charge in [-0.15, -0.1) is 0 Å². The van der Waals surface area contributed by atoms with Crippen LogP contribution in [-0.4, -0.2) is 49.1 Å². The lowest BCUT2D eigenvalue weighted by atomic mass is 9.71. The fourth-order valence-electron chi connectivity index (χ4n) is 3.92. The van der Waals surface area contributed by atoms with E-state index in [4.69, 9.17) is 4.74 Å². The average Bonchev–Trinajstić information content (AvgIpc) is 2.94. The molecular formula is C19H26N2O3. The maximum Gasteiger partial charge on any atom is 0.253 e. The molecule has 1 N–H and O–H groups in total. The van der Waals surface area contributed by atoms with Crippen LogP contribution in [0.2, 0.25) is 0 Å². The van der Waals surface area contributed by atoms with Crippen molar-refractivity contribution in [3.63, 3.8) is 0 Å². The fraction of sp³-hybridized carbons (Fsp3) is 0.579. The Labute approximate surface area is 143 Å². The summed E-state index contributed by atoms with van der Waals surface area (Å²) in [5.41, 5.74) is 0.534. The number of ether oxygens (including phenoxy) is 1. The molecule has 2 heterocycles. The van der Waals surface area contributed by atoms with Crippen LogP contribution < -0.4 is 5.32 Å². The summed E-state index contributed by atoms with van der Waals surface area (Å²) < 4.78 is 5.51. The molecule has 2 saturated heterocycles. The van der Waals surface area contributed by atoms with Crippen LogP contribution in [-0.2, 0) is 9.53 Å². The van der Waals surface area contributed by atoms with Gasteiger partial charge in [0.1, 0.15) is 0 Å². The highest BCUT2D eigenvalue weighted by atomic mass is 16.5. The second kappa shape index (κ2) is 6.93. The maximum absolute atomic E-state index is 12.8. The van der Waals surface area contributed by atoms with Crippen LogP contribution in [0.15, 0.2) is 30.3 Å². The molecule has 0 aliphatic carbocycles. The van der Waals surface area contributed by atoms with Gasteiger partial charge in [-0.25, -0.2) is 0 Å². The van der Waals surface area contributed by atoms with Crippen molar-refractivity contribution in [1.29, 1.82) is 0 Å². The third-order valence-electron chi connectivity index (χ3n) is 5.19. The molecule has 3 rings (SSSR count).